The predicted molar refractivity (Wildman–Crippen MR) is 73.7 cm³/mol. The first-order valence-corrected chi connectivity index (χ1v) is 7.77. The molecule has 3 atom stereocenters. The summed E-state index contributed by atoms with van der Waals surface area (Å²) in [5, 5.41) is 2.25. The van der Waals surface area contributed by atoms with Crippen LogP contribution in [0.4, 0.5) is 0 Å². The Bertz CT molecular complexity index is 464. The first-order valence-electron chi connectivity index (χ1n) is 6.09. The molecule has 0 fully saturated rings. The Kier molecular flexibility index (Phi) is 6.98. The maximum Gasteiger partial charge on any atom is 0.347 e. The van der Waals surface area contributed by atoms with Crippen molar-refractivity contribution in [2.75, 3.05) is 6.54 Å². The molecule has 0 aliphatic heterocycles. The number of hydrogen-bond acceptors (Lipinski definition) is 5. The molecule has 3 amide bonds. The summed E-state index contributed by atoms with van der Waals surface area (Å²) >= 11 is 0. The molecular weight excluding hydrogens is 303 g/mol. The Hall–Kier alpha value is -1.48. The minimum absolute atomic E-state index is 0.350. The lowest BCUT2D eigenvalue weighted by Gasteiger charge is -2.35. The van der Waals surface area contributed by atoms with Crippen molar-refractivity contribution in [2.24, 2.45) is 11.5 Å². The molecule has 0 saturated heterocycles. The van der Waals surface area contributed by atoms with Gasteiger partial charge < -0.3 is 31.5 Å². The van der Waals surface area contributed by atoms with E-state index in [1.807, 2.05) is 0 Å². The summed E-state index contributed by atoms with van der Waals surface area (Å²) in [6.07, 6.45) is 0. The van der Waals surface area contributed by atoms with E-state index in [2.05, 4.69) is 5.32 Å². The van der Waals surface area contributed by atoms with Crippen molar-refractivity contribution >= 4 is 25.3 Å². The van der Waals surface area contributed by atoms with Crippen LogP contribution in [0.15, 0.2) is 0 Å². The minimum Gasteiger partial charge on any atom is -0.368 e. The zero-order valence-electron chi connectivity index (χ0n) is 12.0. The Morgan fingerprint density at radius 1 is 1.24 bits per heavy atom. The second kappa shape index (κ2) is 7.51. The van der Waals surface area contributed by atoms with E-state index in [0.717, 1.165) is 6.92 Å². The fourth-order valence-electron chi connectivity index (χ4n) is 1.58. The molecule has 0 aliphatic rings. The van der Waals surface area contributed by atoms with Crippen LogP contribution in [0.5, 0.6) is 0 Å². The molecule has 0 aliphatic carbocycles. The van der Waals surface area contributed by atoms with Crippen LogP contribution >= 0.6 is 7.60 Å². The molecule has 10 nitrogen and oxygen atoms in total. The SMILES string of the molecule is C[C@H](NC(=O)CN)C(=O)N([C@@H](C)C(N)=O)[C@H](C)P(=O)(O)O. The molecule has 0 aromatic rings. The van der Waals surface area contributed by atoms with E-state index >= 15 is 0 Å². The fourth-order valence-corrected chi connectivity index (χ4v) is 2.22. The van der Waals surface area contributed by atoms with Crippen molar-refractivity contribution in [2.45, 2.75) is 38.6 Å². The average Bonchev–Trinajstić information content (AvgIpc) is 2.36. The van der Waals surface area contributed by atoms with Gasteiger partial charge in [-0.25, -0.2) is 0 Å². The Labute approximate surface area is 122 Å². The van der Waals surface area contributed by atoms with Crippen LogP contribution in [0.3, 0.4) is 0 Å². The van der Waals surface area contributed by atoms with Gasteiger partial charge in [-0.05, 0) is 20.8 Å². The summed E-state index contributed by atoms with van der Waals surface area (Å²) in [6.45, 7) is 3.29. The molecule has 0 saturated carbocycles. The Balaban J connectivity index is 5.40. The number of primary amides is 1. The van der Waals surface area contributed by atoms with Crippen LogP contribution in [0.1, 0.15) is 20.8 Å². The van der Waals surface area contributed by atoms with Crippen molar-refractivity contribution in [3.63, 3.8) is 0 Å². The standard InChI is InChI=1S/C10H21N4O6P/c1-5(13-8(15)4-11)10(17)14(6(2)9(12)16)7(3)21(18,19)20/h5-7H,4,11H2,1-3H3,(H2,12,16)(H,13,15)(H2,18,19,20)/t5-,6-,7-/m0/s1. The lowest BCUT2D eigenvalue weighted by Crippen LogP contribution is -2.56. The van der Waals surface area contributed by atoms with Gasteiger partial charge in [0.15, 0.2) is 0 Å². The number of carbonyl (C=O) groups excluding carboxylic acids is 3. The van der Waals surface area contributed by atoms with Gasteiger partial charge in [0.1, 0.15) is 17.9 Å². The van der Waals surface area contributed by atoms with Crippen LogP contribution in [0.25, 0.3) is 0 Å². The largest absolute Gasteiger partial charge is 0.368 e. The third-order valence-electron chi connectivity index (χ3n) is 2.91. The molecule has 0 spiro atoms. The number of rotatable bonds is 7. The maximum atomic E-state index is 12.2. The highest BCUT2D eigenvalue weighted by atomic mass is 31.2. The lowest BCUT2D eigenvalue weighted by molar-refractivity contribution is -0.142. The Morgan fingerprint density at radius 3 is 2.05 bits per heavy atom. The molecule has 11 heteroatoms. The molecule has 0 heterocycles. The van der Waals surface area contributed by atoms with Gasteiger partial charge >= 0.3 is 7.60 Å². The molecule has 0 aromatic heterocycles. The highest BCUT2D eigenvalue weighted by molar-refractivity contribution is 7.52. The van der Waals surface area contributed by atoms with Crippen molar-refractivity contribution in [3.8, 4) is 0 Å². The van der Waals surface area contributed by atoms with E-state index in [0.29, 0.717) is 4.90 Å². The van der Waals surface area contributed by atoms with Gasteiger partial charge in [0, 0.05) is 0 Å². The summed E-state index contributed by atoms with van der Waals surface area (Å²) in [6, 6.07) is -2.37. The van der Waals surface area contributed by atoms with E-state index in [4.69, 9.17) is 11.5 Å². The first-order chi connectivity index (χ1) is 9.43. The third kappa shape index (κ3) is 5.43. The maximum absolute atomic E-state index is 12.2. The molecule has 7 N–H and O–H groups in total. The molecule has 0 aromatic carbocycles. The summed E-state index contributed by atoms with van der Waals surface area (Å²) in [5.41, 5.74) is 10.2. The average molecular weight is 324 g/mol. The number of carbonyl (C=O) groups is 3. The summed E-state index contributed by atoms with van der Waals surface area (Å²) in [5.74, 6) is -3.96. The summed E-state index contributed by atoms with van der Waals surface area (Å²) in [7, 11) is -4.68. The smallest absolute Gasteiger partial charge is 0.347 e. The van der Waals surface area contributed by atoms with Gasteiger partial charge in [0.2, 0.25) is 17.7 Å². The van der Waals surface area contributed by atoms with E-state index in [9.17, 15) is 28.7 Å². The molecule has 0 rings (SSSR count). The summed E-state index contributed by atoms with van der Waals surface area (Å²) < 4.78 is 11.3. The number of amides is 3. The molecular formula is C10H21N4O6P. The van der Waals surface area contributed by atoms with Gasteiger partial charge in [-0.15, -0.1) is 0 Å². The molecule has 0 bridgehead atoms. The Morgan fingerprint density at radius 2 is 1.71 bits per heavy atom. The van der Waals surface area contributed by atoms with Crippen molar-refractivity contribution in [3.05, 3.63) is 0 Å². The lowest BCUT2D eigenvalue weighted by atomic mass is 10.2. The predicted octanol–water partition coefficient (Wildman–Crippen LogP) is -2.32. The normalized spacial score (nSPS) is 15.7. The van der Waals surface area contributed by atoms with Crippen molar-refractivity contribution < 1.29 is 28.7 Å². The zero-order chi connectivity index (χ0) is 17.0. The second-order valence-corrected chi connectivity index (χ2v) is 6.46. The van der Waals surface area contributed by atoms with E-state index in [1.165, 1.54) is 13.8 Å². The van der Waals surface area contributed by atoms with Crippen LogP contribution in [0, 0.1) is 0 Å². The van der Waals surface area contributed by atoms with Gasteiger partial charge in [0.05, 0.1) is 6.54 Å². The van der Waals surface area contributed by atoms with Gasteiger partial charge in [-0.1, -0.05) is 0 Å². The van der Waals surface area contributed by atoms with E-state index in [-0.39, 0.29) is 6.54 Å². The quantitative estimate of drug-likeness (QED) is 0.326. The van der Waals surface area contributed by atoms with Gasteiger partial charge in [0.25, 0.3) is 0 Å². The van der Waals surface area contributed by atoms with Crippen molar-refractivity contribution in [1.29, 1.82) is 0 Å². The van der Waals surface area contributed by atoms with Crippen LogP contribution < -0.4 is 16.8 Å². The third-order valence-corrected chi connectivity index (χ3v) is 4.13. The highest BCUT2D eigenvalue weighted by Gasteiger charge is 2.39. The topological polar surface area (TPSA) is 176 Å². The number of hydrogen-bond donors (Lipinski definition) is 5. The highest BCUT2D eigenvalue weighted by Crippen LogP contribution is 2.43. The summed E-state index contributed by atoms with van der Waals surface area (Å²) in [4.78, 5) is 53.7. The molecule has 21 heavy (non-hydrogen) atoms. The van der Waals surface area contributed by atoms with E-state index in [1.54, 1.807) is 0 Å². The fraction of sp³-hybridized carbons (Fsp3) is 0.700. The molecule has 122 valence electrons. The minimum atomic E-state index is -4.68. The van der Waals surface area contributed by atoms with Crippen molar-refractivity contribution in [1.82, 2.24) is 10.2 Å². The van der Waals surface area contributed by atoms with E-state index < -0.39 is 43.2 Å². The second-order valence-electron chi connectivity index (χ2n) is 4.54. The van der Waals surface area contributed by atoms with Crippen LogP contribution in [0.2, 0.25) is 0 Å². The number of nitrogens with two attached hydrogens (primary N) is 2. The van der Waals surface area contributed by atoms with Gasteiger partial charge in [-0.2, -0.15) is 0 Å². The number of nitrogens with zero attached hydrogens (tertiary/aromatic N) is 1. The monoisotopic (exact) mass is 324 g/mol. The van der Waals surface area contributed by atoms with Gasteiger partial charge in [-0.3, -0.25) is 18.9 Å². The molecule has 0 radical (unpaired) electrons. The zero-order valence-corrected chi connectivity index (χ0v) is 12.9. The molecule has 0 unspecified atom stereocenters. The van der Waals surface area contributed by atoms with Crippen LogP contribution in [-0.2, 0) is 18.9 Å². The van der Waals surface area contributed by atoms with Crippen LogP contribution in [-0.4, -0.2) is 56.8 Å². The first kappa shape index (κ1) is 19.5. The number of nitrogens with one attached hydrogen (secondary N) is 1.